The molecule has 2 rings (SSSR count). The van der Waals surface area contributed by atoms with Gasteiger partial charge in [0.15, 0.2) is 17.3 Å². The van der Waals surface area contributed by atoms with E-state index in [0.717, 1.165) is 12.1 Å². The number of benzene rings is 1. The van der Waals surface area contributed by atoms with Crippen molar-refractivity contribution in [2.24, 2.45) is 0 Å². The van der Waals surface area contributed by atoms with Crippen LogP contribution in [0.3, 0.4) is 0 Å². The fourth-order valence-corrected chi connectivity index (χ4v) is 1.41. The largest absolute Gasteiger partial charge is 0.433 e. The zero-order valence-corrected chi connectivity index (χ0v) is 9.67. The Morgan fingerprint density at radius 2 is 1.80 bits per heavy atom. The van der Waals surface area contributed by atoms with Crippen LogP contribution in [0.5, 0.6) is 0 Å². The van der Waals surface area contributed by atoms with E-state index >= 15 is 0 Å². The Bertz CT molecular complexity index is 641. The first-order chi connectivity index (χ1) is 9.27. The van der Waals surface area contributed by atoms with E-state index in [9.17, 15) is 22.0 Å². The van der Waals surface area contributed by atoms with Gasteiger partial charge < -0.3 is 11.1 Å². The molecular formula is C11H7F5N4. The second kappa shape index (κ2) is 4.91. The van der Waals surface area contributed by atoms with Crippen LogP contribution in [0.4, 0.5) is 39.4 Å². The molecule has 2 aromatic rings. The molecule has 4 nitrogen and oxygen atoms in total. The third-order valence-electron chi connectivity index (χ3n) is 2.25. The average molecular weight is 290 g/mol. The number of aromatic nitrogens is 2. The highest BCUT2D eigenvalue weighted by Crippen LogP contribution is 2.30. The van der Waals surface area contributed by atoms with Gasteiger partial charge in [-0.05, 0) is 12.1 Å². The van der Waals surface area contributed by atoms with Crippen molar-refractivity contribution in [1.29, 1.82) is 0 Å². The van der Waals surface area contributed by atoms with Gasteiger partial charge in [-0.25, -0.2) is 13.8 Å². The number of anilines is 3. The van der Waals surface area contributed by atoms with Crippen molar-refractivity contribution in [3.05, 3.63) is 41.6 Å². The highest BCUT2D eigenvalue weighted by Gasteiger charge is 2.33. The van der Waals surface area contributed by atoms with E-state index in [0.29, 0.717) is 6.07 Å². The predicted octanol–water partition coefficient (Wildman–Crippen LogP) is 3.10. The van der Waals surface area contributed by atoms with Gasteiger partial charge in [0.05, 0.1) is 5.69 Å². The first-order valence-electron chi connectivity index (χ1n) is 5.20. The summed E-state index contributed by atoms with van der Waals surface area (Å²) in [4.78, 5) is 6.50. The number of nitrogens with zero attached hydrogens (tertiary/aromatic N) is 2. The molecular weight excluding hydrogens is 283 g/mol. The summed E-state index contributed by atoms with van der Waals surface area (Å²) in [6.45, 7) is 0. The molecule has 0 fully saturated rings. The van der Waals surface area contributed by atoms with Gasteiger partial charge in [0.2, 0.25) is 5.95 Å². The summed E-state index contributed by atoms with van der Waals surface area (Å²) >= 11 is 0. The summed E-state index contributed by atoms with van der Waals surface area (Å²) in [5.74, 6) is -3.42. The van der Waals surface area contributed by atoms with E-state index in [-0.39, 0.29) is 5.69 Å². The van der Waals surface area contributed by atoms with Gasteiger partial charge in [-0.3, -0.25) is 0 Å². The molecule has 1 aromatic carbocycles. The van der Waals surface area contributed by atoms with Crippen LogP contribution < -0.4 is 11.1 Å². The van der Waals surface area contributed by atoms with E-state index in [1.54, 1.807) is 0 Å². The van der Waals surface area contributed by atoms with Crippen molar-refractivity contribution in [3.63, 3.8) is 0 Å². The minimum Gasteiger partial charge on any atom is -0.368 e. The quantitative estimate of drug-likeness (QED) is 0.834. The van der Waals surface area contributed by atoms with E-state index in [2.05, 4.69) is 15.3 Å². The molecule has 0 amide bonds. The molecule has 0 aliphatic carbocycles. The molecule has 0 atom stereocenters. The van der Waals surface area contributed by atoms with Crippen LogP contribution in [-0.2, 0) is 6.18 Å². The monoisotopic (exact) mass is 290 g/mol. The van der Waals surface area contributed by atoms with Crippen molar-refractivity contribution in [1.82, 2.24) is 9.97 Å². The van der Waals surface area contributed by atoms with E-state index in [4.69, 9.17) is 5.73 Å². The molecule has 0 radical (unpaired) electrons. The van der Waals surface area contributed by atoms with Crippen LogP contribution in [-0.4, -0.2) is 9.97 Å². The Hall–Kier alpha value is -2.45. The van der Waals surface area contributed by atoms with Crippen LogP contribution in [0.25, 0.3) is 0 Å². The second-order valence-electron chi connectivity index (χ2n) is 3.72. The molecule has 0 saturated heterocycles. The Balaban J connectivity index is 2.39. The first kappa shape index (κ1) is 14.0. The fourth-order valence-electron chi connectivity index (χ4n) is 1.41. The minimum atomic E-state index is -4.73. The number of alkyl halides is 3. The highest BCUT2D eigenvalue weighted by atomic mass is 19.4. The number of hydrogen-bond donors (Lipinski definition) is 2. The van der Waals surface area contributed by atoms with Gasteiger partial charge in [0.1, 0.15) is 5.82 Å². The van der Waals surface area contributed by atoms with Crippen molar-refractivity contribution in [2.75, 3.05) is 11.1 Å². The van der Waals surface area contributed by atoms with Crippen molar-refractivity contribution in [2.45, 2.75) is 6.18 Å². The van der Waals surface area contributed by atoms with Crippen LogP contribution in [0.2, 0.25) is 0 Å². The molecule has 3 N–H and O–H groups in total. The summed E-state index contributed by atoms with van der Waals surface area (Å²) in [5, 5.41) is 2.22. The molecule has 1 heterocycles. The Morgan fingerprint density at radius 1 is 1.10 bits per heavy atom. The van der Waals surface area contributed by atoms with E-state index < -0.39 is 35.3 Å². The molecule has 1 aromatic heterocycles. The molecule has 106 valence electrons. The van der Waals surface area contributed by atoms with Crippen molar-refractivity contribution in [3.8, 4) is 0 Å². The summed E-state index contributed by atoms with van der Waals surface area (Å²) in [6, 6.07) is 3.75. The number of nitrogens with one attached hydrogen (secondary N) is 1. The Morgan fingerprint density at radius 3 is 2.45 bits per heavy atom. The smallest absolute Gasteiger partial charge is 0.368 e. The lowest BCUT2D eigenvalue weighted by atomic mass is 10.3. The maximum atomic E-state index is 13.4. The number of nitrogen functional groups attached to an aromatic ring is 1. The summed E-state index contributed by atoms with van der Waals surface area (Å²) < 4.78 is 63.9. The van der Waals surface area contributed by atoms with E-state index in [1.165, 1.54) is 6.07 Å². The van der Waals surface area contributed by atoms with Crippen LogP contribution in [0.15, 0.2) is 24.3 Å². The number of hydrogen-bond acceptors (Lipinski definition) is 4. The van der Waals surface area contributed by atoms with Crippen LogP contribution in [0.1, 0.15) is 5.69 Å². The number of nitrogens with two attached hydrogens (primary N) is 1. The maximum absolute atomic E-state index is 13.4. The molecule has 0 aliphatic heterocycles. The molecule has 0 spiro atoms. The Labute approximate surface area is 109 Å². The number of halogens is 5. The zero-order valence-electron chi connectivity index (χ0n) is 9.67. The summed E-state index contributed by atoms with van der Waals surface area (Å²) in [5.41, 5.74) is 3.50. The molecule has 20 heavy (non-hydrogen) atoms. The third kappa shape index (κ3) is 2.92. The second-order valence-corrected chi connectivity index (χ2v) is 3.72. The van der Waals surface area contributed by atoms with Crippen molar-refractivity contribution < 1.29 is 22.0 Å². The standard InChI is InChI=1S/C11H7F5N4/c12-5-2-1-3-6(9(5)13)18-8-4-7(11(14,15)16)19-10(17)20-8/h1-4H,(H3,17,18,19,20). The molecule has 0 bridgehead atoms. The lowest BCUT2D eigenvalue weighted by Gasteiger charge is -2.11. The van der Waals surface area contributed by atoms with Gasteiger partial charge in [-0.1, -0.05) is 6.07 Å². The SMILES string of the molecule is Nc1nc(Nc2cccc(F)c2F)cc(C(F)(F)F)n1. The van der Waals surface area contributed by atoms with Crippen molar-refractivity contribution >= 4 is 17.5 Å². The number of rotatable bonds is 2. The van der Waals surface area contributed by atoms with Crippen LogP contribution >= 0.6 is 0 Å². The summed E-state index contributed by atoms with van der Waals surface area (Å²) in [7, 11) is 0. The third-order valence-corrected chi connectivity index (χ3v) is 2.25. The predicted molar refractivity (Wildman–Crippen MR) is 61.1 cm³/mol. The maximum Gasteiger partial charge on any atom is 0.433 e. The fraction of sp³-hybridized carbons (Fsp3) is 0.0909. The molecule has 0 unspecified atom stereocenters. The van der Waals surface area contributed by atoms with Gasteiger partial charge in [0, 0.05) is 6.07 Å². The Kier molecular flexibility index (Phi) is 3.43. The lowest BCUT2D eigenvalue weighted by Crippen LogP contribution is -2.12. The zero-order chi connectivity index (χ0) is 14.9. The lowest BCUT2D eigenvalue weighted by molar-refractivity contribution is -0.141. The van der Waals surface area contributed by atoms with Gasteiger partial charge in [-0.15, -0.1) is 0 Å². The van der Waals surface area contributed by atoms with Gasteiger partial charge in [-0.2, -0.15) is 18.2 Å². The molecule has 0 aliphatic rings. The normalized spacial score (nSPS) is 11.4. The molecule has 0 saturated carbocycles. The highest BCUT2D eigenvalue weighted by molar-refractivity contribution is 5.58. The average Bonchev–Trinajstić information content (AvgIpc) is 2.33. The summed E-state index contributed by atoms with van der Waals surface area (Å²) in [6.07, 6.45) is -4.73. The molecule has 9 heteroatoms. The van der Waals surface area contributed by atoms with Gasteiger partial charge >= 0.3 is 6.18 Å². The minimum absolute atomic E-state index is 0.365. The van der Waals surface area contributed by atoms with Gasteiger partial charge in [0.25, 0.3) is 0 Å². The van der Waals surface area contributed by atoms with Crippen LogP contribution in [0, 0.1) is 11.6 Å². The topological polar surface area (TPSA) is 63.8 Å². The van der Waals surface area contributed by atoms with E-state index in [1.807, 2.05) is 0 Å². The first-order valence-corrected chi connectivity index (χ1v) is 5.20.